The van der Waals surface area contributed by atoms with Gasteiger partial charge < -0.3 is 10.1 Å². The van der Waals surface area contributed by atoms with E-state index in [1.807, 2.05) is 24.3 Å². The van der Waals surface area contributed by atoms with Crippen molar-refractivity contribution in [3.8, 4) is 5.75 Å². The standard InChI is InChI=1S/C23H39NO2/c1-2-3-4-5-6-7-8-9-10-11-12-13-14-15-20-26-23-18-16-22(17-19-23)24-21-25/h16-19,21H,2-15,20H2,1H3,(H,24,25). The van der Waals surface area contributed by atoms with Crippen LogP contribution in [-0.4, -0.2) is 13.0 Å². The summed E-state index contributed by atoms with van der Waals surface area (Å²) in [6, 6.07) is 7.51. The van der Waals surface area contributed by atoms with Crippen LogP contribution in [0.2, 0.25) is 0 Å². The predicted octanol–water partition coefficient (Wildman–Crippen LogP) is 7.12. The van der Waals surface area contributed by atoms with Gasteiger partial charge >= 0.3 is 0 Å². The number of hydrogen-bond acceptors (Lipinski definition) is 2. The van der Waals surface area contributed by atoms with Gasteiger partial charge in [0.1, 0.15) is 5.75 Å². The lowest BCUT2D eigenvalue weighted by Gasteiger charge is -2.07. The zero-order chi connectivity index (χ0) is 18.7. The van der Waals surface area contributed by atoms with Crippen molar-refractivity contribution in [2.45, 2.75) is 96.8 Å². The zero-order valence-electron chi connectivity index (χ0n) is 16.8. The molecule has 0 spiro atoms. The monoisotopic (exact) mass is 361 g/mol. The summed E-state index contributed by atoms with van der Waals surface area (Å²) in [5.74, 6) is 0.871. The number of carbonyl (C=O) groups excluding carboxylic acids is 1. The van der Waals surface area contributed by atoms with Gasteiger partial charge in [0.2, 0.25) is 6.41 Å². The lowest BCUT2D eigenvalue weighted by Crippen LogP contribution is -1.98. The van der Waals surface area contributed by atoms with Gasteiger partial charge in [0.15, 0.2) is 0 Å². The fourth-order valence-electron chi connectivity index (χ4n) is 3.20. The molecule has 148 valence electrons. The molecule has 0 aliphatic carbocycles. The molecular formula is C23H39NO2. The normalized spacial score (nSPS) is 10.7. The highest BCUT2D eigenvalue weighted by Crippen LogP contribution is 2.16. The number of nitrogens with one attached hydrogen (secondary N) is 1. The number of amides is 1. The Morgan fingerprint density at radius 3 is 1.65 bits per heavy atom. The largest absolute Gasteiger partial charge is 0.494 e. The third kappa shape index (κ3) is 12.8. The Labute approximate surface area is 160 Å². The van der Waals surface area contributed by atoms with E-state index in [4.69, 9.17) is 4.74 Å². The first-order chi connectivity index (χ1) is 12.9. The van der Waals surface area contributed by atoms with Gasteiger partial charge in [-0.15, -0.1) is 0 Å². The smallest absolute Gasteiger partial charge is 0.211 e. The Morgan fingerprint density at radius 1 is 0.731 bits per heavy atom. The molecule has 0 saturated carbocycles. The van der Waals surface area contributed by atoms with Crippen LogP contribution < -0.4 is 10.1 Å². The molecule has 3 heteroatoms. The number of carbonyl (C=O) groups is 1. The van der Waals surface area contributed by atoms with Crippen molar-refractivity contribution in [3.05, 3.63) is 24.3 Å². The Bertz CT molecular complexity index is 430. The second-order valence-electron chi connectivity index (χ2n) is 7.23. The number of ether oxygens (including phenoxy) is 1. The summed E-state index contributed by atoms with van der Waals surface area (Å²) < 4.78 is 5.73. The summed E-state index contributed by atoms with van der Waals surface area (Å²) in [6.07, 6.45) is 19.9. The van der Waals surface area contributed by atoms with Gasteiger partial charge in [-0.25, -0.2) is 0 Å². The molecule has 0 fully saturated rings. The summed E-state index contributed by atoms with van der Waals surface area (Å²) in [4.78, 5) is 10.3. The molecule has 0 aliphatic heterocycles. The van der Waals surface area contributed by atoms with Crippen molar-refractivity contribution in [1.82, 2.24) is 0 Å². The van der Waals surface area contributed by atoms with Crippen molar-refractivity contribution in [3.63, 3.8) is 0 Å². The molecule has 1 aromatic carbocycles. The fourth-order valence-corrected chi connectivity index (χ4v) is 3.20. The average molecular weight is 362 g/mol. The van der Waals surface area contributed by atoms with E-state index in [-0.39, 0.29) is 0 Å². The molecule has 26 heavy (non-hydrogen) atoms. The Balaban J connectivity index is 1.81. The lowest BCUT2D eigenvalue weighted by atomic mass is 10.0. The fraction of sp³-hybridized carbons (Fsp3) is 0.696. The van der Waals surface area contributed by atoms with Crippen molar-refractivity contribution in [2.24, 2.45) is 0 Å². The quantitative estimate of drug-likeness (QED) is 0.223. The van der Waals surface area contributed by atoms with E-state index in [0.29, 0.717) is 6.41 Å². The first-order valence-corrected chi connectivity index (χ1v) is 10.8. The minimum Gasteiger partial charge on any atom is -0.494 e. The van der Waals surface area contributed by atoms with Gasteiger partial charge in [0.25, 0.3) is 0 Å². The van der Waals surface area contributed by atoms with Crippen molar-refractivity contribution < 1.29 is 9.53 Å². The number of hydrogen-bond donors (Lipinski definition) is 1. The average Bonchev–Trinajstić information content (AvgIpc) is 2.66. The van der Waals surface area contributed by atoms with Crippen LogP contribution in [0.4, 0.5) is 5.69 Å². The second kappa shape index (κ2) is 16.9. The third-order valence-corrected chi connectivity index (χ3v) is 4.85. The number of unbranched alkanes of at least 4 members (excludes halogenated alkanes) is 13. The van der Waals surface area contributed by atoms with Crippen LogP contribution in [0.15, 0.2) is 24.3 Å². The van der Waals surface area contributed by atoms with Gasteiger partial charge in [-0.3, -0.25) is 4.79 Å². The molecule has 0 aliphatic rings. The highest BCUT2D eigenvalue weighted by Gasteiger charge is 1.96. The lowest BCUT2D eigenvalue weighted by molar-refractivity contribution is -0.105. The van der Waals surface area contributed by atoms with Gasteiger partial charge in [-0.1, -0.05) is 90.4 Å². The van der Waals surface area contributed by atoms with Crippen molar-refractivity contribution in [2.75, 3.05) is 11.9 Å². The van der Waals surface area contributed by atoms with Crippen molar-refractivity contribution in [1.29, 1.82) is 0 Å². The van der Waals surface area contributed by atoms with Crippen LogP contribution in [0, 0.1) is 0 Å². The van der Waals surface area contributed by atoms with Gasteiger partial charge in [-0.05, 0) is 30.7 Å². The zero-order valence-corrected chi connectivity index (χ0v) is 16.8. The molecule has 1 amide bonds. The summed E-state index contributed by atoms with van der Waals surface area (Å²) >= 11 is 0. The first kappa shape index (κ1) is 22.5. The van der Waals surface area contributed by atoms with Crippen LogP contribution in [-0.2, 0) is 4.79 Å². The predicted molar refractivity (Wildman–Crippen MR) is 112 cm³/mol. The molecule has 0 atom stereocenters. The van der Waals surface area contributed by atoms with E-state index in [2.05, 4.69) is 12.2 Å². The van der Waals surface area contributed by atoms with Gasteiger partial charge in [-0.2, -0.15) is 0 Å². The minimum atomic E-state index is 0.685. The van der Waals surface area contributed by atoms with E-state index in [1.165, 1.54) is 83.5 Å². The van der Waals surface area contributed by atoms with E-state index in [1.54, 1.807) is 0 Å². The summed E-state index contributed by atoms with van der Waals surface area (Å²) in [7, 11) is 0. The molecule has 1 N–H and O–H groups in total. The van der Waals surface area contributed by atoms with Crippen LogP contribution in [0.25, 0.3) is 0 Å². The maximum absolute atomic E-state index is 10.3. The Hall–Kier alpha value is -1.51. The van der Waals surface area contributed by atoms with Crippen molar-refractivity contribution >= 4 is 12.1 Å². The third-order valence-electron chi connectivity index (χ3n) is 4.85. The first-order valence-electron chi connectivity index (χ1n) is 10.8. The molecule has 0 bridgehead atoms. The molecule has 0 saturated heterocycles. The molecule has 3 nitrogen and oxygen atoms in total. The van der Waals surface area contributed by atoms with Gasteiger partial charge in [0.05, 0.1) is 6.61 Å². The topological polar surface area (TPSA) is 38.3 Å². The molecule has 1 aromatic rings. The van der Waals surface area contributed by atoms with E-state index >= 15 is 0 Å². The molecule has 0 radical (unpaired) electrons. The highest BCUT2D eigenvalue weighted by molar-refractivity contribution is 5.71. The second-order valence-corrected chi connectivity index (χ2v) is 7.23. The number of rotatable bonds is 18. The maximum Gasteiger partial charge on any atom is 0.211 e. The molecule has 0 heterocycles. The van der Waals surface area contributed by atoms with E-state index in [0.717, 1.165) is 24.5 Å². The summed E-state index contributed by atoms with van der Waals surface area (Å²) in [5.41, 5.74) is 0.795. The molecule has 0 aromatic heterocycles. The van der Waals surface area contributed by atoms with E-state index < -0.39 is 0 Å². The summed E-state index contributed by atoms with van der Waals surface area (Å²) in [6.45, 7) is 3.06. The molecule has 1 rings (SSSR count). The van der Waals surface area contributed by atoms with Crippen LogP contribution in [0.5, 0.6) is 5.75 Å². The van der Waals surface area contributed by atoms with E-state index in [9.17, 15) is 4.79 Å². The Morgan fingerprint density at radius 2 is 1.19 bits per heavy atom. The van der Waals surface area contributed by atoms with Gasteiger partial charge in [0, 0.05) is 5.69 Å². The SMILES string of the molecule is CCCCCCCCCCCCCCCCOc1ccc(NC=O)cc1. The Kier molecular flexibility index (Phi) is 14.7. The highest BCUT2D eigenvalue weighted by atomic mass is 16.5. The number of anilines is 1. The molecule has 0 unspecified atom stereocenters. The van der Waals surface area contributed by atoms with Crippen LogP contribution in [0.3, 0.4) is 0 Å². The maximum atomic E-state index is 10.3. The minimum absolute atomic E-state index is 0.685. The van der Waals surface area contributed by atoms with Crippen LogP contribution in [0.1, 0.15) is 96.8 Å². The van der Waals surface area contributed by atoms with Crippen LogP contribution >= 0.6 is 0 Å². The molecular weight excluding hydrogens is 322 g/mol. The number of benzene rings is 1. The summed E-state index contributed by atoms with van der Waals surface area (Å²) in [5, 5.41) is 2.62.